The van der Waals surface area contributed by atoms with Gasteiger partial charge in [-0.3, -0.25) is 4.79 Å². The Hall–Kier alpha value is -3.35. The van der Waals surface area contributed by atoms with Crippen LogP contribution in [-0.2, 0) is 0 Å². The standard InChI is InChI=1S/C20H18N4O3/c25-20(15-12-21-16-5-2-1-4-14(15)16)24-9-7-13(8-10-24)18-22-23-19(27-18)17-6-3-11-26-17/h1-6,11-13,21H,7-10H2. The van der Waals surface area contributed by atoms with E-state index in [2.05, 4.69) is 15.2 Å². The van der Waals surface area contributed by atoms with Crippen molar-refractivity contribution >= 4 is 16.8 Å². The van der Waals surface area contributed by atoms with Crippen LogP contribution in [0.5, 0.6) is 0 Å². The number of nitrogens with one attached hydrogen (secondary N) is 1. The van der Waals surface area contributed by atoms with E-state index in [1.807, 2.05) is 29.2 Å². The maximum Gasteiger partial charge on any atom is 0.283 e. The van der Waals surface area contributed by atoms with Gasteiger partial charge in [-0.1, -0.05) is 18.2 Å². The van der Waals surface area contributed by atoms with Gasteiger partial charge in [0.2, 0.25) is 5.89 Å². The molecule has 7 nitrogen and oxygen atoms in total. The molecule has 0 bridgehead atoms. The number of aromatic amines is 1. The molecule has 136 valence electrons. The first-order valence-electron chi connectivity index (χ1n) is 9.02. The molecule has 0 unspecified atom stereocenters. The maximum absolute atomic E-state index is 12.9. The quantitative estimate of drug-likeness (QED) is 0.598. The summed E-state index contributed by atoms with van der Waals surface area (Å²) in [7, 11) is 0. The number of para-hydroxylation sites is 1. The van der Waals surface area contributed by atoms with Crippen LogP contribution in [0.2, 0.25) is 0 Å². The summed E-state index contributed by atoms with van der Waals surface area (Å²) in [6.07, 6.45) is 4.97. The smallest absolute Gasteiger partial charge is 0.283 e. The van der Waals surface area contributed by atoms with Crippen LogP contribution in [0.1, 0.15) is 35.0 Å². The van der Waals surface area contributed by atoms with E-state index in [9.17, 15) is 4.79 Å². The average Bonchev–Trinajstić information content (AvgIpc) is 3.47. The van der Waals surface area contributed by atoms with Gasteiger partial charge in [-0.25, -0.2) is 0 Å². The molecular weight excluding hydrogens is 344 g/mol. The van der Waals surface area contributed by atoms with Crippen LogP contribution in [0, 0.1) is 0 Å². The lowest BCUT2D eigenvalue weighted by atomic mass is 9.96. The molecule has 27 heavy (non-hydrogen) atoms. The van der Waals surface area contributed by atoms with Gasteiger partial charge in [0.25, 0.3) is 11.8 Å². The predicted octanol–water partition coefficient (Wildman–Crippen LogP) is 3.83. The Bertz CT molecular complexity index is 1070. The first kappa shape index (κ1) is 15.9. The van der Waals surface area contributed by atoms with E-state index in [-0.39, 0.29) is 11.8 Å². The molecule has 1 saturated heterocycles. The van der Waals surface area contributed by atoms with Crippen molar-refractivity contribution in [3.8, 4) is 11.7 Å². The van der Waals surface area contributed by atoms with Gasteiger partial charge in [0.1, 0.15) is 0 Å². The Morgan fingerprint density at radius 1 is 1.11 bits per heavy atom. The van der Waals surface area contributed by atoms with Gasteiger partial charge in [-0.2, -0.15) is 0 Å². The van der Waals surface area contributed by atoms with Crippen molar-refractivity contribution in [2.45, 2.75) is 18.8 Å². The molecule has 3 aromatic heterocycles. The zero-order chi connectivity index (χ0) is 18.2. The molecule has 1 N–H and O–H groups in total. The minimum Gasteiger partial charge on any atom is -0.459 e. The molecule has 0 aliphatic carbocycles. The van der Waals surface area contributed by atoms with Crippen molar-refractivity contribution in [3.63, 3.8) is 0 Å². The Labute approximate surface area is 155 Å². The summed E-state index contributed by atoms with van der Waals surface area (Å²) in [5.74, 6) is 1.80. The Balaban J connectivity index is 1.28. The molecule has 1 fully saturated rings. The monoisotopic (exact) mass is 362 g/mol. The number of hydrogen-bond acceptors (Lipinski definition) is 5. The number of benzene rings is 1. The molecule has 0 saturated carbocycles. The number of furan rings is 1. The largest absolute Gasteiger partial charge is 0.459 e. The number of carbonyl (C=O) groups is 1. The average molecular weight is 362 g/mol. The number of H-pyrrole nitrogens is 1. The second-order valence-corrected chi connectivity index (χ2v) is 6.74. The van der Waals surface area contributed by atoms with E-state index in [4.69, 9.17) is 8.83 Å². The van der Waals surface area contributed by atoms with Crippen molar-refractivity contribution < 1.29 is 13.6 Å². The molecule has 4 heterocycles. The summed E-state index contributed by atoms with van der Waals surface area (Å²) in [6.45, 7) is 1.34. The van der Waals surface area contributed by atoms with Crippen LogP contribution in [0.3, 0.4) is 0 Å². The number of carbonyl (C=O) groups excluding carboxylic acids is 1. The van der Waals surface area contributed by atoms with E-state index >= 15 is 0 Å². The van der Waals surface area contributed by atoms with Gasteiger partial charge >= 0.3 is 0 Å². The summed E-state index contributed by atoms with van der Waals surface area (Å²) in [5, 5.41) is 9.20. The predicted molar refractivity (Wildman–Crippen MR) is 98.2 cm³/mol. The highest BCUT2D eigenvalue weighted by molar-refractivity contribution is 6.06. The lowest BCUT2D eigenvalue weighted by Gasteiger charge is -2.30. The summed E-state index contributed by atoms with van der Waals surface area (Å²) < 4.78 is 11.1. The fourth-order valence-corrected chi connectivity index (χ4v) is 3.65. The number of amides is 1. The molecular formula is C20H18N4O3. The Morgan fingerprint density at radius 2 is 1.96 bits per heavy atom. The third-order valence-electron chi connectivity index (χ3n) is 5.12. The molecule has 0 radical (unpaired) electrons. The van der Waals surface area contributed by atoms with Crippen LogP contribution in [0.25, 0.3) is 22.6 Å². The summed E-state index contributed by atoms with van der Waals surface area (Å²) in [4.78, 5) is 18.0. The van der Waals surface area contributed by atoms with E-state index in [1.54, 1.807) is 24.6 Å². The third kappa shape index (κ3) is 2.81. The molecule has 1 aliphatic rings. The summed E-state index contributed by atoms with van der Waals surface area (Å²) in [5.41, 5.74) is 1.70. The second-order valence-electron chi connectivity index (χ2n) is 6.74. The van der Waals surface area contributed by atoms with E-state index in [0.29, 0.717) is 30.6 Å². The van der Waals surface area contributed by atoms with Gasteiger partial charge in [0.05, 0.1) is 11.8 Å². The van der Waals surface area contributed by atoms with Gasteiger partial charge in [0, 0.05) is 36.1 Å². The molecule has 0 atom stereocenters. The van der Waals surface area contributed by atoms with Gasteiger partial charge in [-0.15, -0.1) is 10.2 Å². The molecule has 0 spiro atoms. The first-order chi connectivity index (χ1) is 13.3. The van der Waals surface area contributed by atoms with Crippen LogP contribution < -0.4 is 0 Å². The topological polar surface area (TPSA) is 88.2 Å². The molecule has 1 amide bonds. The van der Waals surface area contributed by atoms with E-state index in [0.717, 1.165) is 29.3 Å². The Morgan fingerprint density at radius 3 is 2.78 bits per heavy atom. The number of rotatable bonds is 3. The highest BCUT2D eigenvalue weighted by atomic mass is 16.4. The van der Waals surface area contributed by atoms with Crippen molar-refractivity contribution in [1.29, 1.82) is 0 Å². The van der Waals surface area contributed by atoms with E-state index in [1.165, 1.54) is 0 Å². The molecule has 1 aromatic carbocycles. The molecule has 7 heteroatoms. The van der Waals surface area contributed by atoms with Crippen LogP contribution in [0.4, 0.5) is 0 Å². The highest BCUT2D eigenvalue weighted by Crippen LogP contribution is 2.30. The summed E-state index contributed by atoms with van der Waals surface area (Å²) >= 11 is 0. The fraction of sp³-hybridized carbons (Fsp3) is 0.250. The Kier molecular flexibility index (Phi) is 3.78. The van der Waals surface area contributed by atoms with Crippen molar-refractivity contribution in [2.24, 2.45) is 0 Å². The minimum atomic E-state index is 0.0627. The SMILES string of the molecule is O=C(c1c[nH]c2ccccc12)N1CCC(c2nnc(-c3ccco3)o2)CC1. The zero-order valence-corrected chi connectivity index (χ0v) is 14.6. The molecule has 5 rings (SSSR count). The molecule has 1 aliphatic heterocycles. The number of likely N-dealkylation sites (tertiary alicyclic amines) is 1. The minimum absolute atomic E-state index is 0.0627. The van der Waals surface area contributed by atoms with Crippen molar-refractivity contribution in [2.75, 3.05) is 13.1 Å². The van der Waals surface area contributed by atoms with Crippen molar-refractivity contribution in [3.05, 3.63) is 60.3 Å². The summed E-state index contributed by atoms with van der Waals surface area (Å²) in [6, 6.07) is 11.4. The van der Waals surface area contributed by atoms with Crippen LogP contribution in [-0.4, -0.2) is 39.1 Å². The van der Waals surface area contributed by atoms with Crippen LogP contribution >= 0.6 is 0 Å². The number of nitrogens with zero attached hydrogens (tertiary/aromatic N) is 3. The number of hydrogen-bond donors (Lipinski definition) is 1. The molecule has 4 aromatic rings. The zero-order valence-electron chi connectivity index (χ0n) is 14.6. The number of aromatic nitrogens is 3. The maximum atomic E-state index is 12.9. The fourth-order valence-electron chi connectivity index (χ4n) is 3.65. The third-order valence-corrected chi connectivity index (χ3v) is 5.12. The first-order valence-corrected chi connectivity index (χ1v) is 9.02. The van der Waals surface area contributed by atoms with Gasteiger partial charge in [0.15, 0.2) is 5.76 Å². The van der Waals surface area contributed by atoms with Crippen molar-refractivity contribution in [1.82, 2.24) is 20.1 Å². The normalized spacial score (nSPS) is 15.5. The van der Waals surface area contributed by atoms with Crippen LogP contribution in [0.15, 0.2) is 57.7 Å². The second kappa shape index (κ2) is 6.42. The number of piperidine rings is 1. The number of fused-ring (bicyclic) bond motifs is 1. The lowest BCUT2D eigenvalue weighted by molar-refractivity contribution is 0.0708. The lowest BCUT2D eigenvalue weighted by Crippen LogP contribution is -2.37. The van der Waals surface area contributed by atoms with Gasteiger partial charge in [-0.05, 0) is 31.0 Å². The van der Waals surface area contributed by atoms with Gasteiger partial charge < -0.3 is 18.7 Å². The van der Waals surface area contributed by atoms with E-state index < -0.39 is 0 Å². The highest BCUT2D eigenvalue weighted by Gasteiger charge is 2.29.